The zero-order valence-electron chi connectivity index (χ0n) is 16.8. The van der Waals surface area contributed by atoms with Crippen LogP contribution in [0.2, 0.25) is 0 Å². The molecule has 0 saturated heterocycles. The van der Waals surface area contributed by atoms with E-state index in [9.17, 15) is 9.59 Å². The minimum absolute atomic E-state index is 0.0152. The van der Waals surface area contributed by atoms with E-state index in [4.69, 9.17) is 5.21 Å². The number of hydroxylamine groups is 1. The van der Waals surface area contributed by atoms with Crippen LogP contribution in [0.15, 0.2) is 60.7 Å². The van der Waals surface area contributed by atoms with Crippen LogP contribution in [0.1, 0.15) is 41.3 Å². The highest BCUT2D eigenvalue weighted by atomic mass is 16.5. The quantitative estimate of drug-likeness (QED) is 0.275. The molecule has 0 radical (unpaired) electrons. The van der Waals surface area contributed by atoms with Crippen molar-refractivity contribution in [2.45, 2.75) is 26.3 Å². The Bertz CT molecular complexity index is 1040. The second-order valence-electron chi connectivity index (χ2n) is 7.13. The van der Waals surface area contributed by atoms with Gasteiger partial charge < -0.3 is 10.3 Å². The number of carbonyl (C=O) groups excluding carboxylic acids is 2. The van der Waals surface area contributed by atoms with Crippen molar-refractivity contribution in [3.63, 3.8) is 0 Å². The maximum Gasteiger partial charge on any atom is 0.270 e. The summed E-state index contributed by atoms with van der Waals surface area (Å²) in [7, 11) is 0. The van der Waals surface area contributed by atoms with Gasteiger partial charge in [-0.25, -0.2) is 10.5 Å². The highest BCUT2D eigenvalue weighted by Crippen LogP contribution is 2.23. The van der Waals surface area contributed by atoms with E-state index in [1.54, 1.807) is 11.6 Å². The lowest BCUT2D eigenvalue weighted by atomic mass is 10.1. The second kappa shape index (κ2) is 9.67. The number of hydrogen-bond donors (Lipinski definition) is 4. The topological polar surface area (TPSA) is 107 Å². The van der Waals surface area contributed by atoms with Crippen LogP contribution in [0.3, 0.4) is 0 Å². The summed E-state index contributed by atoms with van der Waals surface area (Å²) < 4.78 is 0. The van der Waals surface area contributed by atoms with E-state index in [2.05, 4.69) is 15.3 Å². The summed E-state index contributed by atoms with van der Waals surface area (Å²) in [5.74, 6) is -0.0914. The molecule has 0 aliphatic carbocycles. The van der Waals surface area contributed by atoms with Gasteiger partial charge in [0.25, 0.3) is 11.8 Å². The van der Waals surface area contributed by atoms with Gasteiger partial charge in [-0.3, -0.25) is 14.8 Å². The highest BCUT2D eigenvalue weighted by Gasteiger charge is 2.19. The van der Waals surface area contributed by atoms with Crippen molar-refractivity contribution in [2.75, 3.05) is 0 Å². The van der Waals surface area contributed by atoms with E-state index in [0.29, 0.717) is 23.6 Å². The molecule has 2 aromatic carbocycles. The predicted octanol–water partition coefficient (Wildman–Crippen LogP) is 3.32. The van der Waals surface area contributed by atoms with Gasteiger partial charge in [0.15, 0.2) is 0 Å². The number of carbonyl (C=O) groups is 2. The fourth-order valence-corrected chi connectivity index (χ4v) is 2.96. The van der Waals surface area contributed by atoms with Crippen LogP contribution in [0.25, 0.3) is 17.3 Å². The Balaban J connectivity index is 1.84. The summed E-state index contributed by atoms with van der Waals surface area (Å²) >= 11 is 0. The Morgan fingerprint density at radius 3 is 2.43 bits per heavy atom. The Hall–Kier alpha value is -3.71. The summed E-state index contributed by atoms with van der Waals surface area (Å²) in [5.41, 5.74) is 5.32. The molecular weight excluding hydrogens is 380 g/mol. The third-order valence-electron chi connectivity index (χ3n) is 4.34. The smallest absolute Gasteiger partial charge is 0.270 e. The number of benzene rings is 2. The Kier molecular flexibility index (Phi) is 6.77. The van der Waals surface area contributed by atoms with Crippen LogP contribution in [0.5, 0.6) is 0 Å². The summed E-state index contributed by atoms with van der Waals surface area (Å²) in [6, 6.07) is 17.2. The van der Waals surface area contributed by atoms with E-state index in [1.807, 2.05) is 68.4 Å². The van der Waals surface area contributed by atoms with Gasteiger partial charge in [-0.05, 0) is 31.1 Å². The van der Waals surface area contributed by atoms with Crippen molar-refractivity contribution in [2.24, 2.45) is 0 Å². The Morgan fingerprint density at radius 2 is 1.80 bits per heavy atom. The van der Waals surface area contributed by atoms with E-state index in [0.717, 1.165) is 16.7 Å². The first-order valence-corrected chi connectivity index (χ1v) is 9.62. The zero-order valence-corrected chi connectivity index (χ0v) is 16.8. The molecule has 0 spiro atoms. The number of hydrogen-bond acceptors (Lipinski definition) is 4. The van der Waals surface area contributed by atoms with Crippen LogP contribution in [0, 0.1) is 0 Å². The minimum Gasteiger partial charge on any atom is -0.349 e. The first kappa shape index (κ1) is 21.0. The van der Waals surface area contributed by atoms with Crippen molar-refractivity contribution >= 4 is 17.9 Å². The summed E-state index contributed by atoms with van der Waals surface area (Å²) in [4.78, 5) is 31.6. The molecule has 0 saturated carbocycles. The number of H-pyrrole nitrogens is 1. The van der Waals surface area contributed by atoms with E-state index in [-0.39, 0.29) is 11.9 Å². The number of nitrogens with one attached hydrogen (secondary N) is 3. The molecule has 0 aliphatic rings. The summed E-state index contributed by atoms with van der Waals surface area (Å²) in [6.45, 7) is 3.83. The van der Waals surface area contributed by atoms with Crippen molar-refractivity contribution in [3.8, 4) is 11.3 Å². The SMILES string of the molecule is CC(C)NC(=O)c1[nH]c(Cc2ccc(/C=C/C(=O)NO)cc2)nc1-c1ccccc1. The zero-order chi connectivity index (χ0) is 21.5. The maximum atomic E-state index is 12.7. The number of aromatic nitrogens is 2. The molecule has 0 bridgehead atoms. The first-order valence-electron chi connectivity index (χ1n) is 9.62. The van der Waals surface area contributed by atoms with Gasteiger partial charge in [0.05, 0.1) is 0 Å². The molecule has 0 atom stereocenters. The lowest BCUT2D eigenvalue weighted by Crippen LogP contribution is -2.30. The lowest BCUT2D eigenvalue weighted by molar-refractivity contribution is -0.124. The van der Waals surface area contributed by atoms with Gasteiger partial charge in [-0.2, -0.15) is 0 Å². The number of imidazole rings is 1. The van der Waals surface area contributed by atoms with Crippen molar-refractivity contribution in [1.29, 1.82) is 0 Å². The second-order valence-corrected chi connectivity index (χ2v) is 7.13. The number of rotatable bonds is 7. The third-order valence-corrected chi connectivity index (χ3v) is 4.34. The van der Waals surface area contributed by atoms with Gasteiger partial charge in [0.2, 0.25) is 0 Å². The van der Waals surface area contributed by atoms with Gasteiger partial charge in [-0.15, -0.1) is 0 Å². The summed E-state index contributed by atoms with van der Waals surface area (Å²) in [6.07, 6.45) is 3.37. The largest absolute Gasteiger partial charge is 0.349 e. The van der Waals surface area contributed by atoms with E-state index in [1.165, 1.54) is 6.08 Å². The van der Waals surface area contributed by atoms with Gasteiger partial charge in [0.1, 0.15) is 17.2 Å². The molecular formula is C23H24N4O3. The molecule has 154 valence electrons. The number of nitrogens with zero attached hydrogens (tertiary/aromatic N) is 1. The molecule has 7 heteroatoms. The van der Waals surface area contributed by atoms with Gasteiger partial charge in [0, 0.05) is 24.1 Å². The van der Waals surface area contributed by atoms with Crippen LogP contribution in [-0.2, 0) is 11.2 Å². The monoisotopic (exact) mass is 404 g/mol. The number of amides is 2. The average molecular weight is 404 g/mol. The van der Waals surface area contributed by atoms with Crippen molar-refractivity contribution in [1.82, 2.24) is 20.8 Å². The van der Waals surface area contributed by atoms with Gasteiger partial charge in [-0.1, -0.05) is 54.6 Å². The standard InChI is InChI=1S/C23H24N4O3/c1-15(2)24-23(29)22-21(18-6-4-3-5-7-18)25-19(26-22)14-17-10-8-16(9-11-17)12-13-20(28)27-30/h3-13,15,30H,14H2,1-2H3,(H,24,29)(H,25,26)(H,27,28)/b13-12+. The maximum absolute atomic E-state index is 12.7. The van der Waals surface area contributed by atoms with Crippen LogP contribution >= 0.6 is 0 Å². The van der Waals surface area contributed by atoms with E-state index >= 15 is 0 Å². The predicted molar refractivity (Wildman–Crippen MR) is 115 cm³/mol. The third kappa shape index (κ3) is 5.42. The molecule has 1 heterocycles. The molecule has 7 nitrogen and oxygen atoms in total. The fourth-order valence-electron chi connectivity index (χ4n) is 2.96. The Morgan fingerprint density at radius 1 is 1.10 bits per heavy atom. The first-order chi connectivity index (χ1) is 14.5. The van der Waals surface area contributed by atoms with Crippen LogP contribution in [0.4, 0.5) is 0 Å². The molecule has 0 unspecified atom stereocenters. The Labute approximate surface area is 174 Å². The summed E-state index contributed by atoms with van der Waals surface area (Å²) in [5, 5.41) is 11.4. The van der Waals surface area contributed by atoms with Gasteiger partial charge >= 0.3 is 0 Å². The van der Waals surface area contributed by atoms with Crippen LogP contribution < -0.4 is 10.8 Å². The fraction of sp³-hybridized carbons (Fsp3) is 0.174. The average Bonchev–Trinajstić information content (AvgIpc) is 3.17. The molecule has 4 N–H and O–H groups in total. The number of aromatic amines is 1. The van der Waals surface area contributed by atoms with E-state index < -0.39 is 5.91 Å². The molecule has 3 aromatic rings. The molecule has 0 aliphatic heterocycles. The normalized spacial score (nSPS) is 11.1. The molecule has 30 heavy (non-hydrogen) atoms. The molecule has 3 rings (SSSR count). The molecule has 2 amide bonds. The van der Waals surface area contributed by atoms with Crippen LogP contribution in [-0.4, -0.2) is 33.0 Å². The highest BCUT2D eigenvalue weighted by molar-refractivity contribution is 5.98. The van der Waals surface area contributed by atoms with Crippen molar-refractivity contribution < 1.29 is 14.8 Å². The lowest BCUT2D eigenvalue weighted by Gasteiger charge is -2.08. The minimum atomic E-state index is -0.588. The molecule has 1 aromatic heterocycles. The molecule has 0 fully saturated rings. The van der Waals surface area contributed by atoms with Crippen molar-refractivity contribution in [3.05, 3.63) is 83.3 Å².